The average molecular weight is 378 g/mol. The maximum Gasteiger partial charge on any atom is 0.277 e. The number of hydrogen-bond donors (Lipinski definition) is 1. The van der Waals surface area contributed by atoms with Crippen molar-refractivity contribution in [1.82, 2.24) is 20.3 Å². The molecular weight excluding hydrogens is 352 g/mol. The Balaban J connectivity index is 1.64. The zero-order valence-electron chi connectivity index (χ0n) is 16.2. The number of aromatic nitrogens is 3. The number of benzene rings is 2. The number of amides is 1. The van der Waals surface area contributed by atoms with Crippen LogP contribution in [0, 0.1) is 0 Å². The van der Waals surface area contributed by atoms with Crippen molar-refractivity contribution in [2.45, 2.75) is 51.6 Å². The highest BCUT2D eigenvalue weighted by molar-refractivity contribution is 5.77. The lowest BCUT2D eigenvalue weighted by molar-refractivity contribution is -0.122. The minimum atomic E-state index is -0.221. The van der Waals surface area contributed by atoms with Crippen LogP contribution in [0.5, 0.6) is 0 Å². The molecule has 0 radical (unpaired) electrons. The lowest BCUT2D eigenvalue weighted by Crippen LogP contribution is -2.31. The van der Waals surface area contributed by atoms with Crippen molar-refractivity contribution in [2.24, 2.45) is 0 Å². The largest absolute Gasteiger partial charge is 0.349 e. The van der Waals surface area contributed by atoms with Crippen molar-refractivity contribution >= 4 is 16.8 Å². The van der Waals surface area contributed by atoms with E-state index in [0.29, 0.717) is 10.9 Å². The van der Waals surface area contributed by atoms with E-state index in [1.807, 2.05) is 36.4 Å². The molecule has 1 unspecified atom stereocenters. The van der Waals surface area contributed by atoms with Gasteiger partial charge in [-0.05, 0) is 24.1 Å². The Hall–Kier alpha value is -3.02. The van der Waals surface area contributed by atoms with E-state index in [1.165, 1.54) is 4.68 Å². The Morgan fingerprint density at radius 3 is 2.61 bits per heavy atom. The Morgan fingerprint density at radius 1 is 1.07 bits per heavy atom. The summed E-state index contributed by atoms with van der Waals surface area (Å²) in [5, 5.41) is 11.6. The van der Waals surface area contributed by atoms with Crippen molar-refractivity contribution in [3.05, 3.63) is 70.5 Å². The number of unbranched alkanes of at least 4 members (excludes halogenated alkanes) is 2. The van der Waals surface area contributed by atoms with Crippen LogP contribution in [0.25, 0.3) is 10.9 Å². The van der Waals surface area contributed by atoms with Crippen LogP contribution in [0.4, 0.5) is 0 Å². The monoisotopic (exact) mass is 378 g/mol. The molecule has 0 saturated heterocycles. The molecule has 6 nitrogen and oxygen atoms in total. The summed E-state index contributed by atoms with van der Waals surface area (Å²) in [7, 11) is 0. The summed E-state index contributed by atoms with van der Waals surface area (Å²) >= 11 is 0. The van der Waals surface area contributed by atoms with Gasteiger partial charge in [-0.3, -0.25) is 9.59 Å². The van der Waals surface area contributed by atoms with Gasteiger partial charge in [-0.2, -0.15) is 0 Å². The Kier molecular flexibility index (Phi) is 6.89. The van der Waals surface area contributed by atoms with Crippen LogP contribution in [0.3, 0.4) is 0 Å². The molecule has 146 valence electrons. The summed E-state index contributed by atoms with van der Waals surface area (Å²) < 4.78 is 1.26. The summed E-state index contributed by atoms with van der Waals surface area (Å²) in [4.78, 5) is 25.0. The van der Waals surface area contributed by atoms with E-state index in [4.69, 9.17) is 0 Å². The third-order valence-electron chi connectivity index (χ3n) is 4.81. The van der Waals surface area contributed by atoms with Crippen molar-refractivity contribution in [1.29, 1.82) is 0 Å². The molecule has 0 fully saturated rings. The lowest BCUT2D eigenvalue weighted by atomic mass is 10.0. The molecule has 28 heavy (non-hydrogen) atoms. The number of aryl methyl sites for hydroxylation is 1. The minimum absolute atomic E-state index is 0.0142. The van der Waals surface area contributed by atoms with Gasteiger partial charge in [0.15, 0.2) is 0 Å². The molecular formula is C22H26N4O2. The van der Waals surface area contributed by atoms with Gasteiger partial charge in [0.05, 0.1) is 18.0 Å². The Bertz CT molecular complexity index is 969. The zero-order valence-corrected chi connectivity index (χ0v) is 16.2. The van der Waals surface area contributed by atoms with Crippen LogP contribution in [0.2, 0.25) is 0 Å². The predicted molar refractivity (Wildman–Crippen MR) is 110 cm³/mol. The molecule has 0 aliphatic carbocycles. The maximum absolute atomic E-state index is 12.5. The molecule has 1 amide bonds. The highest BCUT2D eigenvalue weighted by Crippen LogP contribution is 2.20. The van der Waals surface area contributed by atoms with E-state index in [0.717, 1.165) is 31.2 Å². The number of hydrogen-bond acceptors (Lipinski definition) is 4. The van der Waals surface area contributed by atoms with Crippen molar-refractivity contribution < 1.29 is 4.79 Å². The summed E-state index contributed by atoms with van der Waals surface area (Å²) in [5.74, 6) is -0.0905. The zero-order chi connectivity index (χ0) is 19.8. The molecule has 3 aromatic rings. The smallest absolute Gasteiger partial charge is 0.277 e. The molecule has 1 aromatic heterocycles. The number of carbonyl (C=O) groups is 1. The first kappa shape index (κ1) is 19.7. The molecule has 3 rings (SSSR count). The highest BCUT2D eigenvalue weighted by Gasteiger charge is 2.15. The molecule has 2 aromatic carbocycles. The molecule has 0 aliphatic rings. The van der Waals surface area contributed by atoms with Gasteiger partial charge in [-0.1, -0.05) is 73.9 Å². The van der Waals surface area contributed by atoms with E-state index in [9.17, 15) is 9.59 Å². The number of carbonyl (C=O) groups excluding carboxylic acids is 1. The number of rotatable bonds is 9. The van der Waals surface area contributed by atoms with E-state index in [1.54, 1.807) is 18.2 Å². The first-order valence-electron chi connectivity index (χ1n) is 9.86. The van der Waals surface area contributed by atoms with Crippen LogP contribution in [-0.4, -0.2) is 20.9 Å². The van der Waals surface area contributed by atoms with Crippen LogP contribution < -0.4 is 10.9 Å². The molecule has 1 heterocycles. The molecule has 0 spiro atoms. The lowest BCUT2D eigenvalue weighted by Gasteiger charge is -2.19. The summed E-state index contributed by atoms with van der Waals surface area (Å²) in [5.41, 5.74) is 1.45. The van der Waals surface area contributed by atoms with E-state index >= 15 is 0 Å². The summed E-state index contributed by atoms with van der Waals surface area (Å²) in [6.07, 6.45) is 4.43. The maximum atomic E-state index is 12.5. The third-order valence-corrected chi connectivity index (χ3v) is 4.81. The van der Waals surface area contributed by atoms with Crippen LogP contribution in [-0.2, 0) is 11.3 Å². The van der Waals surface area contributed by atoms with Gasteiger partial charge >= 0.3 is 0 Å². The molecule has 1 atom stereocenters. The second-order valence-electron chi connectivity index (χ2n) is 6.91. The van der Waals surface area contributed by atoms with Crippen LogP contribution in [0.15, 0.2) is 59.4 Å². The fourth-order valence-corrected chi connectivity index (χ4v) is 3.25. The van der Waals surface area contributed by atoms with Gasteiger partial charge in [0.2, 0.25) is 5.91 Å². The second kappa shape index (κ2) is 9.78. The topological polar surface area (TPSA) is 76.9 Å². The Morgan fingerprint density at radius 2 is 1.82 bits per heavy atom. The highest BCUT2D eigenvalue weighted by atomic mass is 16.2. The standard InChI is InChI=1S/C22H26N4O2/c1-2-3-5-13-19(17-10-6-4-7-11-17)23-21(27)15-16-26-22(28)18-12-8-9-14-20(18)24-25-26/h4,6-12,14,19H,2-3,5,13,15-16H2,1H3,(H,23,27). The van der Waals surface area contributed by atoms with Gasteiger partial charge in [0.1, 0.15) is 5.52 Å². The number of fused-ring (bicyclic) bond motifs is 1. The van der Waals surface area contributed by atoms with Crippen molar-refractivity contribution in [3.63, 3.8) is 0 Å². The SMILES string of the molecule is CCCCCC(NC(=O)CCn1nnc2ccccc2c1=O)c1ccccc1. The van der Waals surface area contributed by atoms with Gasteiger partial charge in [-0.15, -0.1) is 5.10 Å². The van der Waals surface area contributed by atoms with Gasteiger partial charge in [0, 0.05) is 6.42 Å². The molecule has 0 saturated carbocycles. The fourth-order valence-electron chi connectivity index (χ4n) is 3.25. The molecule has 6 heteroatoms. The average Bonchev–Trinajstić information content (AvgIpc) is 2.73. The van der Waals surface area contributed by atoms with Crippen LogP contribution in [0.1, 0.15) is 50.6 Å². The number of nitrogens with one attached hydrogen (secondary N) is 1. The van der Waals surface area contributed by atoms with Gasteiger partial charge in [0.25, 0.3) is 5.56 Å². The molecule has 0 bridgehead atoms. The predicted octanol–water partition coefficient (Wildman–Crippen LogP) is 3.62. The van der Waals surface area contributed by atoms with Gasteiger partial charge in [-0.25, -0.2) is 4.68 Å². The summed E-state index contributed by atoms with van der Waals surface area (Å²) in [6, 6.07) is 17.1. The third kappa shape index (κ3) is 5.03. The molecule has 0 aliphatic heterocycles. The fraction of sp³-hybridized carbons (Fsp3) is 0.364. The Labute approximate surface area is 164 Å². The second-order valence-corrected chi connectivity index (χ2v) is 6.91. The minimum Gasteiger partial charge on any atom is -0.349 e. The normalized spacial score (nSPS) is 12.0. The van der Waals surface area contributed by atoms with Crippen molar-refractivity contribution in [2.75, 3.05) is 0 Å². The van der Waals surface area contributed by atoms with E-state index < -0.39 is 0 Å². The van der Waals surface area contributed by atoms with Crippen LogP contribution >= 0.6 is 0 Å². The van der Waals surface area contributed by atoms with Crippen molar-refractivity contribution in [3.8, 4) is 0 Å². The van der Waals surface area contributed by atoms with E-state index in [-0.39, 0.29) is 30.5 Å². The summed E-state index contributed by atoms with van der Waals surface area (Å²) in [6.45, 7) is 2.37. The van der Waals surface area contributed by atoms with Gasteiger partial charge < -0.3 is 5.32 Å². The first-order chi connectivity index (χ1) is 13.7. The quantitative estimate of drug-likeness (QED) is 0.577. The van der Waals surface area contributed by atoms with E-state index in [2.05, 4.69) is 22.6 Å². The first-order valence-corrected chi connectivity index (χ1v) is 9.86. The number of nitrogens with zero attached hydrogens (tertiary/aromatic N) is 3. The molecule has 1 N–H and O–H groups in total.